The quantitative estimate of drug-likeness (QED) is 0.797. The Kier molecular flexibility index (Phi) is 6.08. The van der Waals surface area contributed by atoms with E-state index < -0.39 is 0 Å². The number of halogens is 1. The number of nitrogens with one attached hydrogen (secondary N) is 2. The zero-order chi connectivity index (χ0) is 17.7. The number of aryl methyl sites for hydroxylation is 1. The lowest BCUT2D eigenvalue weighted by Gasteiger charge is -2.18. The van der Waals surface area contributed by atoms with E-state index in [0.717, 1.165) is 15.7 Å². The minimum atomic E-state index is -0.346. The van der Waals surface area contributed by atoms with Crippen LogP contribution in [0.4, 0.5) is 5.69 Å². The molecule has 0 aromatic heterocycles. The number of rotatable bonds is 5. The SMILES string of the molecule is Cc1ccc(Br)cc1NC(=O)CCNC(=O)C1=NN(C)C(=O)CC1. The third-order valence-corrected chi connectivity index (χ3v) is 4.07. The van der Waals surface area contributed by atoms with Crippen molar-refractivity contribution in [1.82, 2.24) is 10.3 Å². The molecule has 1 heterocycles. The number of hydrazone groups is 1. The smallest absolute Gasteiger partial charge is 0.267 e. The van der Waals surface area contributed by atoms with Gasteiger partial charge in [0.15, 0.2) is 0 Å². The molecule has 1 aromatic rings. The maximum atomic E-state index is 12.0. The first-order valence-electron chi connectivity index (χ1n) is 7.55. The molecule has 8 heteroatoms. The van der Waals surface area contributed by atoms with Crippen LogP contribution < -0.4 is 10.6 Å². The lowest BCUT2D eigenvalue weighted by molar-refractivity contribution is -0.130. The lowest BCUT2D eigenvalue weighted by atomic mass is 10.1. The first kappa shape index (κ1) is 18.1. The summed E-state index contributed by atoms with van der Waals surface area (Å²) in [7, 11) is 1.52. The van der Waals surface area contributed by atoms with Crippen LogP contribution in [0.2, 0.25) is 0 Å². The van der Waals surface area contributed by atoms with Gasteiger partial charge in [0.1, 0.15) is 5.71 Å². The number of amides is 3. The maximum absolute atomic E-state index is 12.0. The highest BCUT2D eigenvalue weighted by Gasteiger charge is 2.21. The van der Waals surface area contributed by atoms with Crippen molar-refractivity contribution in [3.05, 3.63) is 28.2 Å². The second kappa shape index (κ2) is 8.05. The van der Waals surface area contributed by atoms with Crippen LogP contribution in [0.5, 0.6) is 0 Å². The molecule has 1 aliphatic heterocycles. The molecule has 1 aliphatic rings. The summed E-state index contributed by atoms with van der Waals surface area (Å²) in [5.41, 5.74) is 2.00. The molecule has 0 fully saturated rings. The van der Waals surface area contributed by atoms with E-state index in [1.165, 1.54) is 12.1 Å². The summed E-state index contributed by atoms with van der Waals surface area (Å²) in [6.07, 6.45) is 0.740. The van der Waals surface area contributed by atoms with Gasteiger partial charge in [0.05, 0.1) is 0 Å². The lowest BCUT2D eigenvalue weighted by Crippen LogP contribution is -2.38. The number of anilines is 1. The van der Waals surface area contributed by atoms with Crippen molar-refractivity contribution in [2.24, 2.45) is 5.10 Å². The Hall–Kier alpha value is -2.22. The van der Waals surface area contributed by atoms with Crippen LogP contribution in [0.25, 0.3) is 0 Å². The van der Waals surface area contributed by atoms with E-state index >= 15 is 0 Å². The Bertz CT molecular complexity index is 703. The van der Waals surface area contributed by atoms with Crippen molar-refractivity contribution < 1.29 is 14.4 Å². The highest BCUT2D eigenvalue weighted by atomic mass is 79.9. The first-order valence-corrected chi connectivity index (χ1v) is 8.34. The van der Waals surface area contributed by atoms with Gasteiger partial charge in [-0.3, -0.25) is 14.4 Å². The number of carbonyl (C=O) groups excluding carboxylic acids is 3. The Morgan fingerprint density at radius 2 is 2.08 bits per heavy atom. The zero-order valence-corrected chi connectivity index (χ0v) is 15.1. The Labute approximate surface area is 148 Å². The van der Waals surface area contributed by atoms with E-state index in [0.29, 0.717) is 12.1 Å². The van der Waals surface area contributed by atoms with Gasteiger partial charge in [-0.05, 0) is 24.6 Å². The molecule has 2 N–H and O–H groups in total. The first-order chi connectivity index (χ1) is 11.4. The van der Waals surface area contributed by atoms with E-state index in [4.69, 9.17) is 0 Å². The van der Waals surface area contributed by atoms with Gasteiger partial charge in [0.25, 0.3) is 5.91 Å². The van der Waals surface area contributed by atoms with Crippen LogP contribution in [0.15, 0.2) is 27.8 Å². The summed E-state index contributed by atoms with van der Waals surface area (Å²) in [6.45, 7) is 2.11. The Morgan fingerprint density at radius 1 is 1.33 bits per heavy atom. The van der Waals surface area contributed by atoms with Crippen LogP contribution in [0.1, 0.15) is 24.8 Å². The number of hydrogen-bond donors (Lipinski definition) is 2. The van der Waals surface area contributed by atoms with Crippen molar-refractivity contribution >= 4 is 45.1 Å². The molecule has 0 unspecified atom stereocenters. The van der Waals surface area contributed by atoms with Crippen LogP contribution >= 0.6 is 15.9 Å². The van der Waals surface area contributed by atoms with Gasteiger partial charge in [0, 0.05) is 43.0 Å². The summed E-state index contributed by atoms with van der Waals surface area (Å²) in [5, 5.41) is 10.6. The topological polar surface area (TPSA) is 90.9 Å². The van der Waals surface area contributed by atoms with Gasteiger partial charge in [0.2, 0.25) is 11.8 Å². The predicted molar refractivity (Wildman–Crippen MR) is 94.6 cm³/mol. The molecule has 1 aromatic carbocycles. The van der Waals surface area contributed by atoms with E-state index in [1.54, 1.807) is 0 Å². The molecule has 0 atom stereocenters. The number of nitrogens with zero attached hydrogens (tertiary/aromatic N) is 2. The molecule has 3 amide bonds. The molecule has 0 bridgehead atoms. The van der Waals surface area contributed by atoms with Crippen molar-refractivity contribution in [2.45, 2.75) is 26.2 Å². The molecule has 0 spiro atoms. The minimum absolute atomic E-state index is 0.115. The normalized spacial score (nSPS) is 14.2. The zero-order valence-electron chi connectivity index (χ0n) is 13.6. The van der Waals surface area contributed by atoms with Crippen LogP contribution in [-0.2, 0) is 14.4 Å². The van der Waals surface area contributed by atoms with Gasteiger partial charge in [-0.25, -0.2) is 5.01 Å². The highest BCUT2D eigenvalue weighted by Crippen LogP contribution is 2.20. The molecule has 2 rings (SSSR count). The molecular formula is C16H19BrN4O3. The second-order valence-electron chi connectivity index (χ2n) is 5.48. The van der Waals surface area contributed by atoms with Crippen molar-refractivity contribution in [3.63, 3.8) is 0 Å². The molecular weight excluding hydrogens is 376 g/mol. The second-order valence-corrected chi connectivity index (χ2v) is 6.39. The fraction of sp³-hybridized carbons (Fsp3) is 0.375. The van der Waals surface area contributed by atoms with Crippen molar-refractivity contribution in [3.8, 4) is 0 Å². The summed E-state index contributed by atoms with van der Waals surface area (Å²) < 4.78 is 0.880. The van der Waals surface area contributed by atoms with Crippen molar-refractivity contribution in [2.75, 3.05) is 18.9 Å². The fourth-order valence-corrected chi connectivity index (χ4v) is 2.53. The standard InChI is InChI=1S/C16H19BrN4O3/c1-10-3-4-11(17)9-13(10)19-14(22)7-8-18-16(24)12-5-6-15(23)21(2)20-12/h3-4,9H,5-8H2,1-2H3,(H,18,24)(H,19,22). The summed E-state index contributed by atoms with van der Waals surface area (Å²) >= 11 is 3.36. The predicted octanol–water partition coefficient (Wildman–Crippen LogP) is 1.81. The van der Waals surface area contributed by atoms with E-state index in [1.807, 2.05) is 25.1 Å². The van der Waals surface area contributed by atoms with E-state index in [2.05, 4.69) is 31.7 Å². The van der Waals surface area contributed by atoms with Crippen LogP contribution in [-0.4, -0.2) is 42.0 Å². The number of hydrogen-bond acceptors (Lipinski definition) is 4. The average Bonchev–Trinajstić information content (AvgIpc) is 2.53. The Morgan fingerprint density at radius 3 is 2.79 bits per heavy atom. The molecule has 0 saturated carbocycles. The third kappa shape index (κ3) is 4.89. The van der Waals surface area contributed by atoms with Gasteiger partial charge in [-0.1, -0.05) is 22.0 Å². The minimum Gasteiger partial charge on any atom is -0.350 e. The summed E-state index contributed by atoms with van der Waals surface area (Å²) in [6, 6.07) is 5.63. The number of benzene rings is 1. The average molecular weight is 395 g/mol. The number of carbonyl (C=O) groups is 3. The molecule has 0 radical (unpaired) electrons. The Balaban J connectivity index is 1.80. The van der Waals surface area contributed by atoms with Gasteiger partial charge >= 0.3 is 0 Å². The van der Waals surface area contributed by atoms with Crippen molar-refractivity contribution in [1.29, 1.82) is 0 Å². The third-order valence-electron chi connectivity index (χ3n) is 3.58. The molecule has 0 saturated heterocycles. The molecule has 7 nitrogen and oxygen atoms in total. The van der Waals surface area contributed by atoms with Crippen LogP contribution in [0, 0.1) is 6.92 Å². The summed E-state index contributed by atoms with van der Waals surface area (Å²) in [5.74, 6) is -0.648. The van der Waals surface area contributed by atoms with Gasteiger partial charge < -0.3 is 10.6 Å². The molecule has 0 aliphatic carbocycles. The van der Waals surface area contributed by atoms with Gasteiger partial charge in [-0.15, -0.1) is 0 Å². The highest BCUT2D eigenvalue weighted by molar-refractivity contribution is 9.10. The summed E-state index contributed by atoms with van der Waals surface area (Å²) in [4.78, 5) is 35.3. The maximum Gasteiger partial charge on any atom is 0.267 e. The fourth-order valence-electron chi connectivity index (χ4n) is 2.17. The van der Waals surface area contributed by atoms with Gasteiger partial charge in [-0.2, -0.15) is 5.10 Å². The monoisotopic (exact) mass is 394 g/mol. The van der Waals surface area contributed by atoms with Crippen LogP contribution in [0.3, 0.4) is 0 Å². The molecule has 24 heavy (non-hydrogen) atoms. The largest absolute Gasteiger partial charge is 0.350 e. The van der Waals surface area contributed by atoms with E-state index in [-0.39, 0.29) is 37.1 Å². The molecule has 128 valence electrons. The van der Waals surface area contributed by atoms with E-state index in [9.17, 15) is 14.4 Å².